The molecule has 9 nitrogen and oxygen atoms in total. The number of rotatable bonds is 6. The number of pyridine rings is 1. The molecule has 1 saturated heterocycles. The minimum atomic E-state index is -3.00. The summed E-state index contributed by atoms with van der Waals surface area (Å²) in [6.07, 6.45) is 3.00. The highest BCUT2D eigenvalue weighted by molar-refractivity contribution is 5.77. The van der Waals surface area contributed by atoms with E-state index in [0.717, 1.165) is 37.6 Å². The van der Waals surface area contributed by atoms with Crippen LogP contribution in [-0.4, -0.2) is 50.5 Å². The van der Waals surface area contributed by atoms with Crippen LogP contribution in [0.3, 0.4) is 0 Å². The Kier molecular flexibility index (Phi) is 5.71. The van der Waals surface area contributed by atoms with Crippen LogP contribution in [0.1, 0.15) is 17.7 Å². The van der Waals surface area contributed by atoms with Gasteiger partial charge in [0.15, 0.2) is 11.5 Å². The maximum absolute atomic E-state index is 14.5. The summed E-state index contributed by atoms with van der Waals surface area (Å²) >= 11 is 0. The molecule has 2 aliphatic rings. The van der Waals surface area contributed by atoms with Crippen LogP contribution >= 0.6 is 0 Å². The summed E-state index contributed by atoms with van der Waals surface area (Å²) in [7, 11) is 0. The van der Waals surface area contributed by atoms with E-state index in [9.17, 15) is 13.6 Å². The smallest absolute Gasteiger partial charge is 0.290 e. The van der Waals surface area contributed by atoms with Crippen molar-refractivity contribution in [2.45, 2.75) is 25.3 Å². The minimum absolute atomic E-state index is 0.153. The van der Waals surface area contributed by atoms with Gasteiger partial charge in [0.25, 0.3) is 11.5 Å². The molecule has 0 saturated carbocycles. The third-order valence-corrected chi connectivity index (χ3v) is 6.82. The van der Waals surface area contributed by atoms with Crippen molar-refractivity contribution in [3.05, 3.63) is 76.9 Å². The van der Waals surface area contributed by atoms with Gasteiger partial charge in [0, 0.05) is 50.2 Å². The second kappa shape index (κ2) is 9.07. The van der Waals surface area contributed by atoms with Crippen LogP contribution in [0.5, 0.6) is 0 Å². The van der Waals surface area contributed by atoms with Crippen LogP contribution in [-0.2, 0) is 18.9 Å². The van der Waals surface area contributed by atoms with E-state index >= 15 is 0 Å². The van der Waals surface area contributed by atoms with Gasteiger partial charge >= 0.3 is 0 Å². The van der Waals surface area contributed by atoms with Crippen molar-refractivity contribution in [3.63, 3.8) is 0 Å². The van der Waals surface area contributed by atoms with Gasteiger partial charge in [-0.2, -0.15) is 13.8 Å². The lowest BCUT2D eigenvalue weighted by Crippen LogP contribution is -2.43. The van der Waals surface area contributed by atoms with Gasteiger partial charge in [-0.15, -0.1) is 6.58 Å². The zero-order chi connectivity index (χ0) is 25.6. The molecular formula is C26H26F2N8O. The Balaban J connectivity index is 1.38. The minimum Gasteiger partial charge on any atom is -0.369 e. The van der Waals surface area contributed by atoms with Crippen LogP contribution in [0, 0.1) is 0 Å². The molecule has 0 spiro atoms. The topological polar surface area (TPSA) is 92.9 Å². The molecule has 1 aromatic carbocycles. The van der Waals surface area contributed by atoms with Crippen LogP contribution in [0.2, 0.25) is 0 Å². The fourth-order valence-electron chi connectivity index (χ4n) is 4.94. The van der Waals surface area contributed by atoms with E-state index in [0.29, 0.717) is 5.56 Å². The molecule has 0 radical (unpaired) electrons. The van der Waals surface area contributed by atoms with Crippen molar-refractivity contribution in [1.82, 2.24) is 29.6 Å². The number of aromatic nitrogens is 5. The second-order valence-electron chi connectivity index (χ2n) is 9.21. The Morgan fingerprint density at radius 3 is 2.65 bits per heavy atom. The Labute approximate surface area is 211 Å². The second-order valence-corrected chi connectivity index (χ2v) is 9.21. The first-order chi connectivity index (χ1) is 17.9. The average Bonchev–Trinajstić information content (AvgIpc) is 3.37. The summed E-state index contributed by atoms with van der Waals surface area (Å²) in [6, 6.07) is 11.3. The van der Waals surface area contributed by atoms with E-state index in [2.05, 4.69) is 37.1 Å². The lowest BCUT2D eigenvalue weighted by Gasteiger charge is -2.29. The van der Waals surface area contributed by atoms with E-state index in [1.54, 1.807) is 18.2 Å². The Bertz CT molecular complexity index is 1540. The van der Waals surface area contributed by atoms with Crippen molar-refractivity contribution in [3.8, 4) is 5.82 Å². The standard InChI is InChI=1S/C26H26F2N8O/c1-2-13-35-24(37)20-16-30-25(31-18-4-6-19(7-5-18)34-14-11-29-12-15-34)33-23(20)36(35)21-8-3-17-9-10-26(27,28)22(17)32-21/h2-8,16,29H,1,9-15H2,(H,30,31,33). The molecule has 37 heavy (non-hydrogen) atoms. The molecule has 6 rings (SSSR count). The van der Waals surface area contributed by atoms with Crippen molar-refractivity contribution < 1.29 is 8.78 Å². The number of fused-ring (bicyclic) bond motifs is 2. The largest absolute Gasteiger partial charge is 0.369 e. The SMILES string of the molecule is C=CCn1c(=O)c2cnc(Nc3ccc(N4CCNCC4)cc3)nc2n1-c1ccc2c(n1)C(F)(F)CC2. The monoisotopic (exact) mass is 504 g/mol. The summed E-state index contributed by atoms with van der Waals surface area (Å²) < 4.78 is 31.8. The fourth-order valence-corrected chi connectivity index (χ4v) is 4.94. The Hall–Kier alpha value is -4.12. The lowest BCUT2D eigenvalue weighted by molar-refractivity contribution is -0.00596. The zero-order valence-electron chi connectivity index (χ0n) is 20.1. The van der Waals surface area contributed by atoms with Gasteiger partial charge in [-0.25, -0.2) is 19.3 Å². The van der Waals surface area contributed by atoms with Crippen molar-refractivity contribution in [2.75, 3.05) is 36.4 Å². The summed E-state index contributed by atoms with van der Waals surface area (Å²) in [6.45, 7) is 7.70. The van der Waals surface area contributed by atoms with E-state index in [-0.39, 0.29) is 53.4 Å². The molecule has 11 heteroatoms. The van der Waals surface area contributed by atoms with Gasteiger partial charge in [0.05, 0.1) is 6.54 Å². The number of hydrogen-bond acceptors (Lipinski definition) is 7. The zero-order valence-corrected chi connectivity index (χ0v) is 20.1. The van der Waals surface area contributed by atoms with Crippen molar-refractivity contribution in [1.29, 1.82) is 0 Å². The quantitative estimate of drug-likeness (QED) is 0.389. The van der Waals surface area contributed by atoms with Crippen LogP contribution in [0.25, 0.3) is 16.9 Å². The maximum atomic E-state index is 14.5. The van der Waals surface area contributed by atoms with E-state index in [1.807, 2.05) is 24.3 Å². The highest BCUT2D eigenvalue weighted by atomic mass is 19.3. The van der Waals surface area contributed by atoms with E-state index < -0.39 is 5.92 Å². The van der Waals surface area contributed by atoms with E-state index in [1.165, 1.54) is 15.6 Å². The molecule has 1 aliphatic heterocycles. The third kappa shape index (κ3) is 4.14. The van der Waals surface area contributed by atoms with Gasteiger partial charge in [0.1, 0.15) is 11.1 Å². The number of nitrogens with one attached hydrogen (secondary N) is 2. The van der Waals surface area contributed by atoms with Crippen molar-refractivity contribution in [2.24, 2.45) is 0 Å². The number of anilines is 3. The van der Waals surface area contributed by atoms with Gasteiger partial charge in [0.2, 0.25) is 5.95 Å². The molecule has 0 amide bonds. The number of nitrogens with zero attached hydrogens (tertiary/aromatic N) is 6. The molecule has 190 valence electrons. The molecule has 0 bridgehead atoms. The molecule has 4 heterocycles. The van der Waals surface area contributed by atoms with Crippen LogP contribution < -0.4 is 21.1 Å². The number of halogens is 2. The van der Waals surface area contributed by atoms with Gasteiger partial charge in [-0.3, -0.25) is 4.79 Å². The Morgan fingerprint density at radius 2 is 1.89 bits per heavy atom. The summed E-state index contributed by atoms with van der Waals surface area (Å²) in [4.78, 5) is 28.7. The normalized spacial score (nSPS) is 16.6. The number of piperazine rings is 1. The number of alkyl halides is 2. The van der Waals surface area contributed by atoms with Crippen LogP contribution in [0.15, 0.2) is 60.0 Å². The fraction of sp³-hybridized carbons (Fsp3) is 0.308. The Morgan fingerprint density at radius 1 is 1.11 bits per heavy atom. The molecule has 2 N–H and O–H groups in total. The van der Waals surface area contributed by atoms with E-state index in [4.69, 9.17) is 0 Å². The summed E-state index contributed by atoms with van der Waals surface area (Å²) in [5.41, 5.74) is 2.11. The van der Waals surface area contributed by atoms with Gasteiger partial charge in [-0.1, -0.05) is 12.1 Å². The first kappa shape index (κ1) is 23.3. The highest BCUT2D eigenvalue weighted by Gasteiger charge is 2.41. The van der Waals surface area contributed by atoms with Gasteiger partial charge in [-0.05, 0) is 42.3 Å². The van der Waals surface area contributed by atoms with Gasteiger partial charge < -0.3 is 15.5 Å². The average molecular weight is 505 g/mol. The van der Waals surface area contributed by atoms with Crippen LogP contribution in [0.4, 0.5) is 26.1 Å². The first-order valence-corrected chi connectivity index (χ1v) is 12.3. The lowest BCUT2D eigenvalue weighted by atomic mass is 10.2. The highest BCUT2D eigenvalue weighted by Crippen LogP contribution is 2.40. The number of benzene rings is 1. The predicted octanol–water partition coefficient (Wildman–Crippen LogP) is 3.35. The molecule has 1 fully saturated rings. The summed E-state index contributed by atoms with van der Waals surface area (Å²) in [5, 5.41) is 6.79. The molecule has 0 atom stereocenters. The number of hydrogen-bond donors (Lipinski definition) is 2. The molecule has 0 unspecified atom stereocenters. The third-order valence-electron chi connectivity index (χ3n) is 6.82. The predicted molar refractivity (Wildman–Crippen MR) is 138 cm³/mol. The summed E-state index contributed by atoms with van der Waals surface area (Å²) in [5.74, 6) is -2.53. The molecule has 1 aliphatic carbocycles. The molecular weight excluding hydrogens is 478 g/mol. The maximum Gasteiger partial charge on any atom is 0.290 e. The number of aryl methyl sites for hydroxylation is 1. The molecule has 3 aromatic heterocycles. The first-order valence-electron chi connectivity index (χ1n) is 12.3. The molecule has 4 aromatic rings. The van der Waals surface area contributed by atoms with Crippen molar-refractivity contribution >= 4 is 28.4 Å². The number of allylic oxidation sites excluding steroid dienone is 1.